The molecule has 1 unspecified atom stereocenters. The zero-order valence-electron chi connectivity index (χ0n) is 15.9. The van der Waals surface area contributed by atoms with Crippen molar-refractivity contribution in [1.29, 1.82) is 0 Å². The van der Waals surface area contributed by atoms with Crippen LogP contribution in [0.4, 0.5) is 0 Å². The molecule has 5 rings (SSSR count). The number of pyridine rings is 1. The van der Waals surface area contributed by atoms with Crippen molar-refractivity contribution in [3.63, 3.8) is 0 Å². The van der Waals surface area contributed by atoms with Crippen LogP contribution in [0, 0.1) is 0 Å². The molecule has 0 aliphatic rings. The fraction of sp³-hybridized carbons (Fsp3) is 0.130. The largest absolute Gasteiger partial charge is 0.329 e. The molecule has 0 bridgehead atoms. The highest BCUT2D eigenvalue weighted by Crippen LogP contribution is 2.28. The summed E-state index contributed by atoms with van der Waals surface area (Å²) in [7, 11) is 0. The molecule has 0 aliphatic carbocycles. The molecule has 0 amide bonds. The van der Waals surface area contributed by atoms with Gasteiger partial charge in [-0.2, -0.15) is 0 Å². The van der Waals surface area contributed by atoms with Crippen LogP contribution in [-0.4, -0.2) is 24.5 Å². The number of fused-ring (bicyclic) bond motifs is 2. The van der Waals surface area contributed by atoms with Crippen LogP contribution in [-0.2, 0) is 0 Å². The topological polar surface area (TPSA) is 76.5 Å². The van der Waals surface area contributed by atoms with E-state index >= 15 is 0 Å². The molecular formula is C23H19N5O. The molecule has 3 heterocycles. The number of rotatable bonds is 4. The van der Waals surface area contributed by atoms with Gasteiger partial charge < -0.3 is 0 Å². The molecule has 0 saturated heterocycles. The van der Waals surface area contributed by atoms with Crippen LogP contribution < -0.4 is 5.69 Å². The van der Waals surface area contributed by atoms with Crippen LogP contribution in [0.5, 0.6) is 0 Å². The Morgan fingerprint density at radius 1 is 1.00 bits per heavy atom. The van der Waals surface area contributed by atoms with Gasteiger partial charge in [-0.15, -0.1) is 0 Å². The van der Waals surface area contributed by atoms with E-state index in [9.17, 15) is 4.79 Å². The Labute approximate surface area is 166 Å². The average molecular weight is 381 g/mol. The Balaban J connectivity index is 1.73. The lowest BCUT2D eigenvalue weighted by Crippen LogP contribution is -2.23. The molecule has 142 valence electrons. The first-order valence-electron chi connectivity index (χ1n) is 9.62. The molecule has 0 spiro atoms. The van der Waals surface area contributed by atoms with Crippen molar-refractivity contribution in [3.8, 4) is 11.3 Å². The van der Waals surface area contributed by atoms with E-state index < -0.39 is 0 Å². The van der Waals surface area contributed by atoms with Crippen molar-refractivity contribution >= 4 is 22.2 Å². The first kappa shape index (κ1) is 17.3. The molecule has 6 nitrogen and oxygen atoms in total. The van der Waals surface area contributed by atoms with E-state index in [1.807, 2.05) is 60.7 Å². The van der Waals surface area contributed by atoms with Crippen LogP contribution in [0.25, 0.3) is 33.5 Å². The molecule has 2 aromatic carbocycles. The Hall–Kier alpha value is -3.80. The maximum atomic E-state index is 12.8. The maximum Gasteiger partial charge on any atom is 0.329 e. The monoisotopic (exact) mass is 381 g/mol. The molecule has 6 heteroatoms. The Morgan fingerprint density at radius 3 is 2.69 bits per heavy atom. The second-order valence-electron chi connectivity index (χ2n) is 6.94. The molecular weight excluding hydrogens is 362 g/mol. The van der Waals surface area contributed by atoms with E-state index in [0.717, 1.165) is 28.5 Å². The standard InChI is InChI=1S/C23H19N5O/c1-2-20(15-8-4-3-5-9-15)28-22-21(27-23(28)29)25-14-19(26-22)17-10-6-12-18-16(17)11-7-13-24-18/h3-14,20H,2H2,1H3,(H,25,27,29). The third kappa shape index (κ3) is 2.89. The van der Waals surface area contributed by atoms with Gasteiger partial charge >= 0.3 is 5.69 Å². The number of imidazole rings is 1. The number of nitrogens with zero attached hydrogens (tertiary/aromatic N) is 4. The number of aromatic amines is 1. The Bertz CT molecular complexity index is 1370. The molecule has 0 radical (unpaired) electrons. The lowest BCUT2D eigenvalue weighted by atomic mass is 10.0. The molecule has 0 fully saturated rings. The minimum Gasteiger partial charge on any atom is -0.289 e. The fourth-order valence-corrected chi connectivity index (χ4v) is 3.88. The predicted molar refractivity (Wildman–Crippen MR) is 114 cm³/mol. The minimum absolute atomic E-state index is 0.115. The van der Waals surface area contributed by atoms with Crippen molar-refractivity contribution in [1.82, 2.24) is 24.5 Å². The number of H-pyrrole nitrogens is 1. The molecule has 1 atom stereocenters. The van der Waals surface area contributed by atoms with Gasteiger partial charge in [0, 0.05) is 17.1 Å². The van der Waals surface area contributed by atoms with E-state index in [1.54, 1.807) is 17.0 Å². The third-order valence-corrected chi connectivity index (χ3v) is 5.23. The summed E-state index contributed by atoms with van der Waals surface area (Å²) in [5.74, 6) is 0. The molecule has 3 aromatic heterocycles. The summed E-state index contributed by atoms with van der Waals surface area (Å²) in [5, 5.41) is 1.00. The van der Waals surface area contributed by atoms with E-state index in [1.165, 1.54) is 0 Å². The van der Waals surface area contributed by atoms with E-state index in [0.29, 0.717) is 17.0 Å². The van der Waals surface area contributed by atoms with Gasteiger partial charge in [0.15, 0.2) is 11.3 Å². The smallest absolute Gasteiger partial charge is 0.289 e. The lowest BCUT2D eigenvalue weighted by molar-refractivity contribution is 0.561. The van der Waals surface area contributed by atoms with Crippen LogP contribution in [0.15, 0.2) is 77.9 Å². The molecule has 1 N–H and O–H groups in total. The molecule has 5 aromatic rings. The van der Waals surface area contributed by atoms with Crippen molar-refractivity contribution in [3.05, 3.63) is 89.1 Å². The van der Waals surface area contributed by atoms with Crippen molar-refractivity contribution in [2.45, 2.75) is 19.4 Å². The first-order valence-corrected chi connectivity index (χ1v) is 9.62. The molecule has 0 saturated carbocycles. The van der Waals surface area contributed by atoms with E-state index in [4.69, 9.17) is 4.98 Å². The van der Waals surface area contributed by atoms with Gasteiger partial charge in [0.1, 0.15) is 0 Å². The maximum absolute atomic E-state index is 12.8. The van der Waals surface area contributed by atoms with Crippen LogP contribution in [0.3, 0.4) is 0 Å². The fourth-order valence-electron chi connectivity index (χ4n) is 3.88. The summed E-state index contributed by atoms with van der Waals surface area (Å²) < 4.78 is 1.71. The normalized spacial score (nSPS) is 12.4. The van der Waals surface area contributed by atoms with Gasteiger partial charge in [-0.05, 0) is 24.1 Å². The molecule has 0 aliphatic heterocycles. The van der Waals surface area contributed by atoms with Gasteiger partial charge in [0.2, 0.25) is 0 Å². The zero-order chi connectivity index (χ0) is 19.8. The number of aromatic nitrogens is 5. The quantitative estimate of drug-likeness (QED) is 0.503. The summed E-state index contributed by atoms with van der Waals surface area (Å²) in [5.41, 5.74) is 4.47. The number of hydrogen-bond donors (Lipinski definition) is 1. The van der Waals surface area contributed by atoms with Crippen molar-refractivity contribution in [2.75, 3.05) is 0 Å². The minimum atomic E-state index is -0.201. The van der Waals surface area contributed by atoms with Crippen LogP contribution in [0.1, 0.15) is 24.9 Å². The van der Waals surface area contributed by atoms with Crippen LogP contribution in [0.2, 0.25) is 0 Å². The summed E-state index contributed by atoms with van der Waals surface area (Å²) in [6.45, 7) is 2.07. The average Bonchev–Trinajstić information content (AvgIpc) is 3.10. The van der Waals surface area contributed by atoms with E-state index in [2.05, 4.69) is 21.9 Å². The van der Waals surface area contributed by atoms with Gasteiger partial charge in [-0.1, -0.05) is 55.5 Å². The summed E-state index contributed by atoms with van der Waals surface area (Å²) in [6.07, 6.45) is 4.24. The van der Waals surface area contributed by atoms with Gasteiger partial charge in [0.05, 0.1) is 23.4 Å². The number of nitrogens with one attached hydrogen (secondary N) is 1. The highest BCUT2D eigenvalue weighted by molar-refractivity contribution is 5.93. The SMILES string of the molecule is CCC(c1ccccc1)n1c(=O)[nH]c2ncc(-c3cccc4ncccc34)nc21. The summed E-state index contributed by atoms with van der Waals surface area (Å²) >= 11 is 0. The highest BCUT2D eigenvalue weighted by atomic mass is 16.1. The summed E-state index contributed by atoms with van der Waals surface area (Å²) in [4.78, 5) is 29.4. The van der Waals surface area contributed by atoms with Gasteiger partial charge in [-0.25, -0.2) is 14.8 Å². The van der Waals surface area contributed by atoms with Gasteiger partial charge in [-0.3, -0.25) is 14.5 Å². The highest BCUT2D eigenvalue weighted by Gasteiger charge is 2.20. The lowest BCUT2D eigenvalue weighted by Gasteiger charge is -2.17. The third-order valence-electron chi connectivity index (χ3n) is 5.23. The first-order chi connectivity index (χ1) is 14.3. The summed E-state index contributed by atoms with van der Waals surface area (Å²) in [6, 6.07) is 19.8. The Kier molecular flexibility index (Phi) is 4.17. The predicted octanol–water partition coefficient (Wildman–Crippen LogP) is 4.33. The van der Waals surface area contributed by atoms with Gasteiger partial charge in [0.25, 0.3) is 0 Å². The van der Waals surface area contributed by atoms with Crippen molar-refractivity contribution < 1.29 is 0 Å². The van der Waals surface area contributed by atoms with Crippen LogP contribution >= 0.6 is 0 Å². The zero-order valence-corrected chi connectivity index (χ0v) is 15.9. The van der Waals surface area contributed by atoms with E-state index in [-0.39, 0.29) is 11.7 Å². The second-order valence-corrected chi connectivity index (χ2v) is 6.94. The number of hydrogen-bond acceptors (Lipinski definition) is 4. The Morgan fingerprint density at radius 2 is 1.86 bits per heavy atom. The second kappa shape index (κ2) is 6.98. The van der Waals surface area contributed by atoms with Crippen molar-refractivity contribution in [2.24, 2.45) is 0 Å². The number of benzene rings is 2. The molecule has 29 heavy (non-hydrogen) atoms.